The summed E-state index contributed by atoms with van der Waals surface area (Å²) >= 11 is 0. The lowest BCUT2D eigenvalue weighted by Crippen LogP contribution is -2.38. The molecule has 2 N–H and O–H groups in total. The van der Waals surface area contributed by atoms with Gasteiger partial charge in [-0.05, 0) is 19.3 Å². The van der Waals surface area contributed by atoms with Crippen molar-refractivity contribution in [3.8, 4) is 5.88 Å². The van der Waals surface area contributed by atoms with Crippen LogP contribution in [0.25, 0.3) is 0 Å². The fourth-order valence-corrected chi connectivity index (χ4v) is 2.35. The predicted molar refractivity (Wildman–Crippen MR) is 67.2 cm³/mol. The number of hydrogen-bond acceptors (Lipinski definition) is 5. The van der Waals surface area contributed by atoms with Gasteiger partial charge in [0, 0.05) is 19.1 Å². The topological polar surface area (TPSA) is 64.3 Å². The molecule has 2 heterocycles. The third-order valence-electron chi connectivity index (χ3n) is 3.31. The standard InChI is InChI=1S/C12H20N4O/c1-3-17-12-8-14-7-11(15-12)16-5-4-9(2)10(16)6-13/h7-10H,3-6,13H2,1-2H3. The number of anilines is 1. The summed E-state index contributed by atoms with van der Waals surface area (Å²) in [5.74, 6) is 2.06. The van der Waals surface area contributed by atoms with Gasteiger partial charge in [-0.3, -0.25) is 4.98 Å². The molecule has 94 valence electrons. The fourth-order valence-electron chi connectivity index (χ4n) is 2.35. The van der Waals surface area contributed by atoms with E-state index in [4.69, 9.17) is 10.5 Å². The van der Waals surface area contributed by atoms with E-state index in [-0.39, 0.29) is 0 Å². The Hall–Kier alpha value is -1.36. The number of aromatic nitrogens is 2. The highest BCUT2D eigenvalue weighted by Gasteiger charge is 2.31. The first-order valence-electron chi connectivity index (χ1n) is 6.17. The van der Waals surface area contributed by atoms with E-state index < -0.39 is 0 Å². The number of hydrogen-bond donors (Lipinski definition) is 1. The summed E-state index contributed by atoms with van der Waals surface area (Å²) in [6, 6.07) is 0.362. The minimum atomic E-state index is 0.362. The summed E-state index contributed by atoms with van der Waals surface area (Å²) in [6.45, 7) is 6.43. The maximum atomic E-state index is 5.83. The SMILES string of the molecule is CCOc1cncc(N2CCC(C)C2CN)n1. The largest absolute Gasteiger partial charge is 0.477 e. The first-order valence-corrected chi connectivity index (χ1v) is 6.17. The van der Waals surface area contributed by atoms with Gasteiger partial charge in [-0.1, -0.05) is 6.92 Å². The fraction of sp³-hybridized carbons (Fsp3) is 0.667. The number of ether oxygens (including phenoxy) is 1. The summed E-state index contributed by atoms with van der Waals surface area (Å²) < 4.78 is 5.37. The molecule has 0 spiro atoms. The molecule has 1 aliphatic heterocycles. The number of rotatable bonds is 4. The van der Waals surface area contributed by atoms with Gasteiger partial charge >= 0.3 is 0 Å². The van der Waals surface area contributed by atoms with Crippen LogP contribution in [0.1, 0.15) is 20.3 Å². The minimum Gasteiger partial charge on any atom is -0.477 e. The molecule has 2 rings (SSSR count). The van der Waals surface area contributed by atoms with Crippen LogP contribution >= 0.6 is 0 Å². The molecule has 0 bridgehead atoms. The Morgan fingerprint density at radius 3 is 3.06 bits per heavy atom. The molecule has 1 saturated heterocycles. The lowest BCUT2D eigenvalue weighted by Gasteiger charge is -2.26. The monoisotopic (exact) mass is 236 g/mol. The highest BCUT2D eigenvalue weighted by molar-refractivity contribution is 5.41. The zero-order valence-corrected chi connectivity index (χ0v) is 10.5. The second-order valence-electron chi connectivity index (χ2n) is 4.41. The second-order valence-corrected chi connectivity index (χ2v) is 4.41. The molecule has 17 heavy (non-hydrogen) atoms. The van der Waals surface area contributed by atoms with E-state index in [0.717, 1.165) is 18.8 Å². The molecule has 2 unspecified atom stereocenters. The van der Waals surface area contributed by atoms with Crippen LogP contribution in [-0.4, -0.2) is 35.7 Å². The zero-order chi connectivity index (χ0) is 12.3. The van der Waals surface area contributed by atoms with E-state index in [0.29, 0.717) is 31.0 Å². The highest BCUT2D eigenvalue weighted by atomic mass is 16.5. The van der Waals surface area contributed by atoms with Crippen molar-refractivity contribution in [1.82, 2.24) is 9.97 Å². The second kappa shape index (κ2) is 5.31. The Morgan fingerprint density at radius 2 is 2.35 bits per heavy atom. The Labute approximate surface area is 102 Å². The molecule has 0 saturated carbocycles. The molecule has 1 aromatic rings. The molecule has 0 amide bonds. The van der Waals surface area contributed by atoms with Gasteiger partial charge in [-0.2, -0.15) is 4.98 Å². The van der Waals surface area contributed by atoms with E-state index in [1.54, 1.807) is 12.4 Å². The van der Waals surface area contributed by atoms with Crippen LogP contribution in [0.2, 0.25) is 0 Å². The molecule has 1 aliphatic rings. The molecule has 5 nitrogen and oxygen atoms in total. The summed E-state index contributed by atoms with van der Waals surface area (Å²) in [5.41, 5.74) is 5.83. The maximum absolute atomic E-state index is 5.83. The van der Waals surface area contributed by atoms with Gasteiger partial charge in [0.2, 0.25) is 5.88 Å². The predicted octanol–water partition coefficient (Wildman–Crippen LogP) is 1.05. The highest BCUT2D eigenvalue weighted by Crippen LogP contribution is 2.28. The number of nitrogens with zero attached hydrogens (tertiary/aromatic N) is 3. The molecule has 0 aromatic carbocycles. The van der Waals surface area contributed by atoms with Crippen LogP contribution < -0.4 is 15.4 Å². The van der Waals surface area contributed by atoms with Crippen molar-refractivity contribution < 1.29 is 4.74 Å². The van der Waals surface area contributed by atoms with Crippen molar-refractivity contribution >= 4 is 5.82 Å². The van der Waals surface area contributed by atoms with Gasteiger partial charge in [-0.25, -0.2) is 0 Å². The van der Waals surface area contributed by atoms with Gasteiger partial charge in [0.15, 0.2) is 5.82 Å². The van der Waals surface area contributed by atoms with Crippen LogP contribution in [0.15, 0.2) is 12.4 Å². The van der Waals surface area contributed by atoms with Crippen molar-refractivity contribution in [1.29, 1.82) is 0 Å². The van der Waals surface area contributed by atoms with Crippen LogP contribution in [0, 0.1) is 5.92 Å². The van der Waals surface area contributed by atoms with Crippen molar-refractivity contribution in [2.24, 2.45) is 11.7 Å². The van der Waals surface area contributed by atoms with E-state index in [9.17, 15) is 0 Å². The Balaban J connectivity index is 2.18. The molecule has 1 aromatic heterocycles. The lowest BCUT2D eigenvalue weighted by molar-refractivity contribution is 0.325. The lowest BCUT2D eigenvalue weighted by atomic mass is 10.0. The summed E-state index contributed by atoms with van der Waals surface area (Å²) in [5, 5.41) is 0. The summed E-state index contributed by atoms with van der Waals surface area (Å²) in [4.78, 5) is 10.9. The van der Waals surface area contributed by atoms with Crippen molar-refractivity contribution in [2.75, 3.05) is 24.6 Å². The molecule has 5 heteroatoms. The van der Waals surface area contributed by atoms with E-state index in [1.165, 1.54) is 0 Å². The van der Waals surface area contributed by atoms with Gasteiger partial charge in [0.1, 0.15) is 0 Å². The van der Waals surface area contributed by atoms with Gasteiger partial charge in [0.05, 0.1) is 19.0 Å². The Morgan fingerprint density at radius 1 is 1.53 bits per heavy atom. The Bertz CT molecular complexity index is 371. The van der Waals surface area contributed by atoms with Crippen LogP contribution in [0.3, 0.4) is 0 Å². The van der Waals surface area contributed by atoms with Crippen molar-refractivity contribution in [3.63, 3.8) is 0 Å². The first kappa shape index (κ1) is 12.1. The number of nitrogens with two attached hydrogens (primary N) is 1. The minimum absolute atomic E-state index is 0.362. The van der Waals surface area contributed by atoms with E-state index in [2.05, 4.69) is 21.8 Å². The normalized spacial score (nSPS) is 24.1. The van der Waals surface area contributed by atoms with E-state index >= 15 is 0 Å². The smallest absolute Gasteiger partial charge is 0.234 e. The molecule has 2 atom stereocenters. The van der Waals surface area contributed by atoms with Crippen LogP contribution in [0.4, 0.5) is 5.82 Å². The molecular weight excluding hydrogens is 216 g/mol. The maximum Gasteiger partial charge on any atom is 0.234 e. The summed E-state index contributed by atoms with van der Waals surface area (Å²) in [7, 11) is 0. The Kier molecular flexibility index (Phi) is 3.78. The average Bonchev–Trinajstić information content (AvgIpc) is 2.71. The quantitative estimate of drug-likeness (QED) is 0.846. The van der Waals surface area contributed by atoms with Crippen LogP contribution in [0.5, 0.6) is 5.88 Å². The molecule has 0 aliphatic carbocycles. The van der Waals surface area contributed by atoms with E-state index in [1.807, 2.05) is 6.92 Å². The van der Waals surface area contributed by atoms with Gasteiger partial charge in [-0.15, -0.1) is 0 Å². The van der Waals surface area contributed by atoms with Gasteiger partial charge < -0.3 is 15.4 Å². The molecule has 0 radical (unpaired) electrons. The average molecular weight is 236 g/mol. The van der Waals surface area contributed by atoms with Gasteiger partial charge in [0.25, 0.3) is 0 Å². The molecular formula is C12H20N4O. The van der Waals surface area contributed by atoms with Crippen molar-refractivity contribution in [3.05, 3.63) is 12.4 Å². The van der Waals surface area contributed by atoms with Crippen molar-refractivity contribution in [2.45, 2.75) is 26.3 Å². The zero-order valence-electron chi connectivity index (χ0n) is 10.5. The third kappa shape index (κ3) is 2.49. The van der Waals surface area contributed by atoms with Crippen LogP contribution in [-0.2, 0) is 0 Å². The molecule has 1 fully saturated rings. The first-order chi connectivity index (χ1) is 8.26. The third-order valence-corrected chi connectivity index (χ3v) is 3.31. The summed E-state index contributed by atoms with van der Waals surface area (Å²) in [6.07, 6.45) is 4.58.